The van der Waals surface area contributed by atoms with E-state index in [9.17, 15) is 0 Å². The normalized spacial score (nSPS) is 14.4. The second-order valence-electron chi connectivity index (χ2n) is 5.47. The second kappa shape index (κ2) is 9.66. The van der Waals surface area contributed by atoms with Crippen LogP contribution in [0.4, 0.5) is 0 Å². The summed E-state index contributed by atoms with van der Waals surface area (Å²) in [5.41, 5.74) is 3.92. The van der Waals surface area contributed by atoms with Crippen molar-refractivity contribution in [2.75, 3.05) is 0 Å². The highest BCUT2D eigenvalue weighted by Gasteiger charge is 2.05. The Balaban J connectivity index is 4.40. The lowest BCUT2D eigenvalue weighted by Crippen LogP contribution is -2.00. The van der Waals surface area contributed by atoms with Crippen LogP contribution in [0.15, 0.2) is 72.9 Å². The van der Waals surface area contributed by atoms with Crippen molar-refractivity contribution in [2.24, 2.45) is 5.92 Å². The molecule has 0 aliphatic heterocycles. The van der Waals surface area contributed by atoms with Crippen molar-refractivity contribution in [3.63, 3.8) is 0 Å². The van der Waals surface area contributed by atoms with Gasteiger partial charge in [0, 0.05) is 0 Å². The van der Waals surface area contributed by atoms with Gasteiger partial charge in [-0.1, -0.05) is 75.6 Å². The third kappa shape index (κ3) is 8.82. The Kier molecular flexibility index (Phi) is 9.07. The lowest BCUT2D eigenvalue weighted by molar-refractivity contribution is 0.589. The quantitative estimate of drug-likeness (QED) is 0.386. The van der Waals surface area contributed by atoms with E-state index >= 15 is 0 Å². The first-order valence-electron chi connectivity index (χ1n) is 7.00. The van der Waals surface area contributed by atoms with Crippen molar-refractivity contribution in [3.05, 3.63) is 72.9 Å². The Morgan fingerprint density at radius 2 is 1.40 bits per heavy atom. The van der Waals surface area contributed by atoms with E-state index in [1.165, 1.54) is 0 Å². The lowest BCUT2D eigenvalue weighted by Gasteiger charge is -2.13. The molecule has 0 rings (SSSR count). The molecular formula is C19H28S. The number of rotatable bonds is 9. The first-order valence-corrected chi connectivity index (χ1v) is 7.52. The Hall–Kier alpha value is -1.21. The van der Waals surface area contributed by atoms with Crippen molar-refractivity contribution >= 4 is 12.6 Å². The van der Waals surface area contributed by atoms with Gasteiger partial charge >= 0.3 is 0 Å². The fourth-order valence-electron chi connectivity index (χ4n) is 1.51. The van der Waals surface area contributed by atoms with E-state index in [4.69, 9.17) is 0 Å². The minimum atomic E-state index is 0.441. The maximum absolute atomic E-state index is 4.40. The molecule has 0 heterocycles. The van der Waals surface area contributed by atoms with Crippen LogP contribution >= 0.6 is 12.6 Å². The van der Waals surface area contributed by atoms with Crippen LogP contribution in [0.3, 0.4) is 0 Å². The van der Waals surface area contributed by atoms with Crippen molar-refractivity contribution in [2.45, 2.75) is 38.9 Å². The molecule has 0 fully saturated rings. The van der Waals surface area contributed by atoms with E-state index in [-0.39, 0.29) is 0 Å². The Bertz CT molecular complexity index is 433. The van der Waals surface area contributed by atoms with Crippen LogP contribution in [0, 0.1) is 5.92 Å². The average molecular weight is 288 g/mol. The summed E-state index contributed by atoms with van der Waals surface area (Å²) in [4.78, 5) is 0. The number of hydrogen-bond acceptors (Lipinski definition) is 1. The molecule has 20 heavy (non-hydrogen) atoms. The van der Waals surface area contributed by atoms with Crippen LogP contribution in [0.2, 0.25) is 0 Å². The van der Waals surface area contributed by atoms with Crippen molar-refractivity contribution in [1.82, 2.24) is 0 Å². The van der Waals surface area contributed by atoms with Gasteiger partial charge in [0.1, 0.15) is 0 Å². The number of allylic oxidation sites excluding steroid dienone is 8. The zero-order valence-corrected chi connectivity index (χ0v) is 14.0. The highest BCUT2D eigenvalue weighted by atomic mass is 32.1. The third-order valence-corrected chi connectivity index (χ3v) is 3.39. The lowest BCUT2D eigenvalue weighted by atomic mass is 9.95. The summed E-state index contributed by atoms with van der Waals surface area (Å²) in [7, 11) is 0. The van der Waals surface area contributed by atoms with Gasteiger partial charge in [-0.05, 0) is 42.1 Å². The van der Waals surface area contributed by atoms with E-state index < -0.39 is 0 Å². The highest BCUT2D eigenvalue weighted by Crippen LogP contribution is 2.20. The van der Waals surface area contributed by atoms with Crippen LogP contribution < -0.4 is 0 Å². The van der Waals surface area contributed by atoms with Gasteiger partial charge in [0.2, 0.25) is 0 Å². The van der Waals surface area contributed by atoms with Crippen molar-refractivity contribution in [1.29, 1.82) is 0 Å². The maximum atomic E-state index is 4.40. The summed E-state index contributed by atoms with van der Waals surface area (Å²) < 4.78 is 0. The van der Waals surface area contributed by atoms with Gasteiger partial charge in [0.05, 0.1) is 0 Å². The average Bonchev–Trinajstić information content (AvgIpc) is 2.38. The van der Waals surface area contributed by atoms with Crippen LogP contribution in [0.25, 0.3) is 0 Å². The molecule has 110 valence electrons. The predicted octanol–water partition coefficient (Wildman–Crippen LogP) is 6.08. The zero-order chi connectivity index (χ0) is 15.7. The second-order valence-corrected chi connectivity index (χ2v) is 6.35. The van der Waals surface area contributed by atoms with Gasteiger partial charge in [-0.2, -0.15) is 12.6 Å². The van der Waals surface area contributed by atoms with Gasteiger partial charge in [-0.15, -0.1) is 0 Å². The van der Waals surface area contributed by atoms with Gasteiger partial charge in [-0.3, -0.25) is 0 Å². The zero-order valence-electron chi connectivity index (χ0n) is 13.2. The summed E-state index contributed by atoms with van der Waals surface area (Å²) in [6.07, 6.45) is 10.1. The molecule has 0 aromatic rings. The van der Waals surface area contributed by atoms with E-state index in [1.54, 1.807) is 0 Å². The summed E-state index contributed by atoms with van der Waals surface area (Å²) in [6.45, 7) is 22.2. The molecule has 0 aromatic carbocycles. The predicted molar refractivity (Wildman–Crippen MR) is 97.4 cm³/mol. The van der Waals surface area contributed by atoms with Gasteiger partial charge in [-0.25, -0.2) is 0 Å². The van der Waals surface area contributed by atoms with E-state index in [0.29, 0.717) is 11.2 Å². The molecule has 0 N–H and O–H groups in total. The first kappa shape index (κ1) is 18.8. The topological polar surface area (TPSA) is 0 Å². The van der Waals surface area contributed by atoms with Crippen LogP contribution in [-0.4, -0.2) is 5.25 Å². The largest absolute Gasteiger partial charge is 0.176 e. The summed E-state index contributed by atoms with van der Waals surface area (Å²) in [5, 5.41) is 0.441. The molecule has 1 heteroatoms. The van der Waals surface area contributed by atoms with Gasteiger partial charge in [0.25, 0.3) is 0 Å². The smallest absolute Gasteiger partial charge is 0.00114 e. The molecular weight excluding hydrogens is 260 g/mol. The van der Waals surface area contributed by atoms with Gasteiger partial charge in [0.15, 0.2) is 0 Å². The molecule has 0 saturated carbocycles. The van der Waals surface area contributed by atoms with Crippen LogP contribution in [0.5, 0.6) is 0 Å². The molecule has 0 aromatic heterocycles. The Morgan fingerprint density at radius 3 is 1.85 bits per heavy atom. The molecule has 0 bridgehead atoms. The highest BCUT2D eigenvalue weighted by molar-refractivity contribution is 7.80. The molecule has 0 amide bonds. The van der Waals surface area contributed by atoms with Crippen molar-refractivity contribution in [3.8, 4) is 0 Å². The van der Waals surface area contributed by atoms with E-state index in [0.717, 1.165) is 35.1 Å². The summed E-state index contributed by atoms with van der Waals surface area (Å²) >= 11 is 4.40. The minimum absolute atomic E-state index is 0.441. The SMILES string of the molecule is C=C(C)/C=C\C(=C)C(=C)/C=C\C(=C)C(C)CCC(C)S. The maximum Gasteiger partial charge on any atom is -0.00114 e. The minimum Gasteiger partial charge on any atom is -0.176 e. The van der Waals surface area contributed by atoms with E-state index in [2.05, 4.69) is 52.8 Å². The molecule has 2 unspecified atom stereocenters. The molecule has 2 atom stereocenters. The first-order chi connectivity index (χ1) is 9.23. The molecule has 0 aliphatic carbocycles. The molecule has 0 spiro atoms. The summed E-state index contributed by atoms with van der Waals surface area (Å²) in [6, 6.07) is 0. The van der Waals surface area contributed by atoms with Crippen LogP contribution in [-0.2, 0) is 0 Å². The number of thiol groups is 1. The van der Waals surface area contributed by atoms with Crippen molar-refractivity contribution < 1.29 is 0 Å². The standard InChI is InChI=1S/C19H28S/c1-14(2)8-9-15(3)16(4)10-11-17(5)18(6)12-13-19(7)20/h8-11,18-20H,1,3-5,12-13H2,2,6-7H3/b9-8-,11-10-. The fourth-order valence-corrected chi connectivity index (χ4v) is 1.65. The Labute approximate surface area is 130 Å². The molecule has 0 nitrogen and oxygen atoms in total. The monoisotopic (exact) mass is 288 g/mol. The van der Waals surface area contributed by atoms with Gasteiger partial charge < -0.3 is 0 Å². The molecule has 0 radical (unpaired) electrons. The molecule has 0 aliphatic rings. The molecule has 0 saturated heterocycles. The van der Waals surface area contributed by atoms with E-state index in [1.807, 2.05) is 31.2 Å². The third-order valence-electron chi connectivity index (χ3n) is 3.13. The van der Waals surface area contributed by atoms with Crippen LogP contribution in [0.1, 0.15) is 33.6 Å². The Morgan fingerprint density at radius 1 is 0.900 bits per heavy atom. The number of hydrogen-bond donors (Lipinski definition) is 1. The summed E-state index contributed by atoms with van der Waals surface area (Å²) in [5.74, 6) is 0.466. The fraction of sp³-hybridized carbons (Fsp3) is 0.368.